The van der Waals surface area contributed by atoms with E-state index in [4.69, 9.17) is 4.74 Å². The van der Waals surface area contributed by atoms with Crippen LogP contribution in [-0.2, 0) is 5.41 Å². The van der Waals surface area contributed by atoms with Crippen LogP contribution in [0.25, 0.3) is 0 Å². The van der Waals surface area contributed by atoms with Gasteiger partial charge in [0.05, 0.1) is 18.6 Å². The highest BCUT2D eigenvalue weighted by Gasteiger charge is 2.49. The Hall–Kier alpha value is -1.56. The van der Waals surface area contributed by atoms with E-state index in [9.17, 15) is 9.65 Å². The standard InChI is InChI=1S/C16H18FNO/c1-19-14-3-2-12(10-13(14)17)16-7-4-15(11-18,5-8-16)6-9-16/h2-3,10H,4-9H2,1H3. The third-order valence-corrected chi connectivity index (χ3v) is 5.25. The summed E-state index contributed by atoms with van der Waals surface area (Å²) in [5.74, 6) is 0.0233. The highest BCUT2D eigenvalue weighted by atomic mass is 19.1. The summed E-state index contributed by atoms with van der Waals surface area (Å²) in [7, 11) is 1.48. The molecule has 0 radical (unpaired) electrons. The van der Waals surface area contributed by atoms with Gasteiger partial charge in [-0.15, -0.1) is 0 Å². The number of hydrogen-bond acceptors (Lipinski definition) is 2. The lowest BCUT2D eigenvalue weighted by Gasteiger charge is -2.50. The lowest BCUT2D eigenvalue weighted by molar-refractivity contribution is 0.0846. The van der Waals surface area contributed by atoms with Gasteiger partial charge in [-0.25, -0.2) is 4.39 Å². The van der Waals surface area contributed by atoms with Gasteiger partial charge in [0.1, 0.15) is 0 Å². The van der Waals surface area contributed by atoms with Crippen molar-refractivity contribution in [2.24, 2.45) is 5.41 Å². The van der Waals surface area contributed by atoms with E-state index in [2.05, 4.69) is 6.07 Å². The number of halogens is 1. The molecule has 2 nitrogen and oxygen atoms in total. The first-order valence-corrected chi connectivity index (χ1v) is 6.88. The summed E-state index contributed by atoms with van der Waals surface area (Å²) in [5.41, 5.74) is 1.08. The average Bonchev–Trinajstić information content (AvgIpc) is 2.49. The predicted molar refractivity (Wildman–Crippen MR) is 70.4 cm³/mol. The van der Waals surface area contributed by atoms with Crippen LogP contribution in [0.2, 0.25) is 0 Å². The number of benzene rings is 1. The number of methoxy groups -OCH3 is 1. The average molecular weight is 259 g/mol. The summed E-state index contributed by atoms with van der Waals surface area (Å²) >= 11 is 0. The van der Waals surface area contributed by atoms with E-state index < -0.39 is 0 Å². The fourth-order valence-corrected chi connectivity index (χ4v) is 3.78. The number of hydrogen-bond donors (Lipinski definition) is 0. The van der Waals surface area contributed by atoms with Crippen molar-refractivity contribution < 1.29 is 9.13 Å². The number of nitriles is 1. The maximum atomic E-state index is 13.9. The SMILES string of the molecule is COc1ccc(C23CCC(C#N)(CC2)CC3)cc1F. The van der Waals surface area contributed by atoms with E-state index in [0.717, 1.165) is 44.1 Å². The molecule has 1 aromatic rings. The molecule has 0 heterocycles. The smallest absolute Gasteiger partial charge is 0.165 e. The number of fused-ring (bicyclic) bond motifs is 3. The van der Waals surface area contributed by atoms with Gasteiger partial charge in [0.2, 0.25) is 0 Å². The molecule has 3 aliphatic rings. The lowest BCUT2D eigenvalue weighted by Crippen LogP contribution is -2.43. The molecule has 3 fully saturated rings. The Balaban J connectivity index is 1.92. The first kappa shape index (κ1) is 12.5. The molecule has 0 aliphatic heterocycles. The van der Waals surface area contributed by atoms with Crippen LogP contribution in [0.3, 0.4) is 0 Å². The van der Waals surface area contributed by atoms with Crippen LogP contribution < -0.4 is 4.74 Å². The van der Waals surface area contributed by atoms with Crippen molar-refractivity contribution in [1.29, 1.82) is 5.26 Å². The van der Waals surface area contributed by atoms with Gasteiger partial charge in [-0.3, -0.25) is 0 Å². The van der Waals surface area contributed by atoms with Gasteiger partial charge in [-0.1, -0.05) is 6.07 Å². The van der Waals surface area contributed by atoms with E-state index in [1.807, 2.05) is 6.07 Å². The number of rotatable bonds is 2. The molecule has 0 aromatic heterocycles. The fraction of sp³-hybridized carbons (Fsp3) is 0.562. The summed E-state index contributed by atoms with van der Waals surface area (Å²) < 4.78 is 18.9. The van der Waals surface area contributed by atoms with Crippen LogP contribution in [0.5, 0.6) is 5.75 Å². The molecule has 1 aromatic carbocycles. The molecule has 3 saturated carbocycles. The Kier molecular flexibility index (Phi) is 2.78. The van der Waals surface area contributed by atoms with Crippen molar-refractivity contribution in [2.45, 2.75) is 43.9 Å². The third kappa shape index (κ3) is 1.82. The van der Waals surface area contributed by atoms with E-state index >= 15 is 0 Å². The van der Waals surface area contributed by atoms with Crippen molar-refractivity contribution in [2.75, 3.05) is 7.11 Å². The zero-order valence-corrected chi connectivity index (χ0v) is 11.2. The molecule has 3 aliphatic carbocycles. The molecule has 19 heavy (non-hydrogen) atoms. The van der Waals surface area contributed by atoms with Crippen molar-refractivity contribution in [3.05, 3.63) is 29.6 Å². The zero-order valence-electron chi connectivity index (χ0n) is 11.2. The molecule has 4 rings (SSSR count). The molecule has 0 spiro atoms. The van der Waals surface area contributed by atoms with Crippen molar-refractivity contribution in [3.63, 3.8) is 0 Å². The minimum atomic E-state index is -0.280. The number of ether oxygens (including phenoxy) is 1. The Morgan fingerprint density at radius 2 is 1.79 bits per heavy atom. The molecule has 3 heteroatoms. The Morgan fingerprint density at radius 3 is 2.26 bits per heavy atom. The minimum Gasteiger partial charge on any atom is -0.494 e. The highest BCUT2D eigenvalue weighted by molar-refractivity contribution is 5.36. The second kappa shape index (κ2) is 4.23. The van der Waals surface area contributed by atoms with Crippen molar-refractivity contribution >= 4 is 0 Å². The number of nitrogens with zero attached hydrogens (tertiary/aromatic N) is 1. The van der Waals surface area contributed by atoms with Gasteiger partial charge >= 0.3 is 0 Å². The van der Waals surface area contributed by atoms with E-state index in [0.29, 0.717) is 5.75 Å². The maximum Gasteiger partial charge on any atom is 0.165 e. The molecule has 0 amide bonds. The van der Waals surface area contributed by atoms with Gasteiger partial charge in [0.25, 0.3) is 0 Å². The second-order valence-corrected chi connectivity index (χ2v) is 6.02. The molecule has 2 bridgehead atoms. The second-order valence-electron chi connectivity index (χ2n) is 6.02. The van der Waals surface area contributed by atoms with Crippen LogP contribution in [-0.4, -0.2) is 7.11 Å². The van der Waals surface area contributed by atoms with Gasteiger partial charge in [0.15, 0.2) is 11.6 Å². The fourth-order valence-electron chi connectivity index (χ4n) is 3.78. The van der Waals surface area contributed by atoms with E-state index in [1.54, 1.807) is 12.1 Å². The predicted octanol–water partition coefficient (Wildman–Crippen LogP) is 3.95. The zero-order chi connectivity index (χ0) is 13.5. The molecule has 0 atom stereocenters. The lowest BCUT2D eigenvalue weighted by atomic mass is 9.52. The Bertz CT molecular complexity index is 522. The summed E-state index contributed by atoms with van der Waals surface area (Å²) in [6.45, 7) is 0. The first-order chi connectivity index (χ1) is 9.13. The van der Waals surface area contributed by atoms with Gasteiger partial charge in [-0.05, 0) is 61.6 Å². The maximum absolute atomic E-state index is 13.9. The highest BCUT2D eigenvalue weighted by Crippen LogP contribution is 2.57. The van der Waals surface area contributed by atoms with Crippen LogP contribution in [0, 0.1) is 22.6 Å². The normalized spacial score (nSPS) is 32.9. The minimum absolute atomic E-state index is 0.0890. The van der Waals surface area contributed by atoms with Crippen molar-refractivity contribution in [1.82, 2.24) is 0 Å². The summed E-state index contributed by atoms with van der Waals surface area (Å²) in [6, 6.07) is 7.85. The van der Waals surface area contributed by atoms with Crippen LogP contribution in [0.15, 0.2) is 18.2 Å². The van der Waals surface area contributed by atoms with E-state index in [-0.39, 0.29) is 16.6 Å². The van der Waals surface area contributed by atoms with Gasteiger partial charge in [-0.2, -0.15) is 5.26 Å². The molecular weight excluding hydrogens is 241 g/mol. The monoisotopic (exact) mass is 259 g/mol. The summed E-state index contributed by atoms with van der Waals surface area (Å²) in [4.78, 5) is 0. The Morgan fingerprint density at radius 1 is 1.16 bits per heavy atom. The molecule has 100 valence electrons. The van der Waals surface area contributed by atoms with Crippen LogP contribution in [0.4, 0.5) is 4.39 Å². The molecule has 0 N–H and O–H groups in total. The van der Waals surface area contributed by atoms with Crippen LogP contribution >= 0.6 is 0 Å². The van der Waals surface area contributed by atoms with Gasteiger partial charge < -0.3 is 4.74 Å². The Labute approximate surface area is 113 Å². The molecule has 0 unspecified atom stereocenters. The van der Waals surface area contributed by atoms with E-state index in [1.165, 1.54) is 7.11 Å². The first-order valence-electron chi connectivity index (χ1n) is 6.88. The third-order valence-electron chi connectivity index (χ3n) is 5.25. The largest absolute Gasteiger partial charge is 0.494 e. The summed E-state index contributed by atoms with van der Waals surface area (Å²) in [6.07, 6.45) is 5.89. The van der Waals surface area contributed by atoms with Crippen molar-refractivity contribution in [3.8, 4) is 11.8 Å². The van der Waals surface area contributed by atoms with Crippen LogP contribution in [0.1, 0.15) is 44.1 Å². The topological polar surface area (TPSA) is 33.0 Å². The quantitative estimate of drug-likeness (QED) is 0.805. The molecular formula is C16H18FNO. The molecule has 0 saturated heterocycles. The summed E-state index contributed by atoms with van der Waals surface area (Å²) in [5, 5.41) is 9.31. The van der Waals surface area contributed by atoms with Gasteiger partial charge in [0, 0.05) is 0 Å².